The predicted molar refractivity (Wildman–Crippen MR) is 229 cm³/mol. The van der Waals surface area contributed by atoms with Crippen LogP contribution in [-0.4, -0.2) is 19.5 Å². The molecule has 0 unspecified atom stereocenters. The minimum Gasteiger partial charge on any atom is -0.456 e. The first-order valence-corrected chi connectivity index (χ1v) is 18.8. The zero-order valence-electron chi connectivity index (χ0n) is 30.2. The average Bonchev–Trinajstić information content (AvgIpc) is 3.82. The second-order valence-electron chi connectivity index (χ2n) is 14.0. The minimum atomic E-state index is 0.605. The minimum absolute atomic E-state index is 0.605. The quantitative estimate of drug-likeness (QED) is 0.172. The molecule has 0 bridgehead atoms. The number of nitrogens with zero attached hydrogens (tertiary/aromatic N) is 4. The van der Waals surface area contributed by atoms with Gasteiger partial charge < -0.3 is 8.98 Å². The fourth-order valence-electron chi connectivity index (χ4n) is 7.97. The van der Waals surface area contributed by atoms with Crippen molar-refractivity contribution in [2.24, 2.45) is 0 Å². The molecule has 0 aliphatic rings. The van der Waals surface area contributed by atoms with Crippen LogP contribution in [0, 0.1) is 0 Å². The van der Waals surface area contributed by atoms with Gasteiger partial charge in [-0.05, 0) is 58.7 Å². The van der Waals surface area contributed by atoms with Crippen LogP contribution >= 0.6 is 0 Å². The largest absolute Gasteiger partial charge is 0.456 e. The van der Waals surface area contributed by atoms with E-state index >= 15 is 0 Å². The normalized spacial score (nSPS) is 11.6. The van der Waals surface area contributed by atoms with Crippen molar-refractivity contribution < 1.29 is 4.42 Å². The molecule has 3 aromatic heterocycles. The van der Waals surface area contributed by atoms with Gasteiger partial charge in [-0.1, -0.05) is 152 Å². The highest BCUT2D eigenvalue weighted by Gasteiger charge is 2.21. The Bertz CT molecular complexity index is 3220. The fraction of sp³-hybridized carbons (Fsp3) is 0. The summed E-state index contributed by atoms with van der Waals surface area (Å²) in [5.41, 5.74) is 12.2. The van der Waals surface area contributed by atoms with Gasteiger partial charge in [-0.25, -0.2) is 15.0 Å². The van der Waals surface area contributed by atoms with Gasteiger partial charge in [0.05, 0.1) is 11.0 Å². The second-order valence-corrected chi connectivity index (χ2v) is 14.0. The molecule has 0 saturated carbocycles. The van der Waals surface area contributed by atoms with Crippen LogP contribution in [0.15, 0.2) is 199 Å². The summed E-state index contributed by atoms with van der Waals surface area (Å²) in [4.78, 5) is 15.4. The number of furan rings is 1. The molecule has 56 heavy (non-hydrogen) atoms. The van der Waals surface area contributed by atoms with E-state index in [4.69, 9.17) is 19.4 Å². The van der Waals surface area contributed by atoms with Crippen molar-refractivity contribution in [1.82, 2.24) is 19.5 Å². The van der Waals surface area contributed by atoms with Crippen LogP contribution in [0.2, 0.25) is 0 Å². The van der Waals surface area contributed by atoms with Crippen LogP contribution in [0.5, 0.6) is 0 Å². The fourth-order valence-corrected chi connectivity index (χ4v) is 7.97. The monoisotopic (exact) mass is 716 g/mol. The summed E-state index contributed by atoms with van der Waals surface area (Å²) in [5.74, 6) is 1.84. The Balaban J connectivity index is 1.11. The molecule has 5 nitrogen and oxygen atoms in total. The molecule has 0 aliphatic carbocycles. The summed E-state index contributed by atoms with van der Waals surface area (Å²) in [5, 5.41) is 4.44. The van der Waals surface area contributed by atoms with Crippen LogP contribution in [0.25, 0.3) is 106 Å². The molecule has 3 heterocycles. The molecule has 0 aliphatic heterocycles. The Morgan fingerprint density at radius 3 is 1.55 bits per heavy atom. The van der Waals surface area contributed by atoms with E-state index in [1.54, 1.807) is 0 Å². The second kappa shape index (κ2) is 13.0. The van der Waals surface area contributed by atoms with Crippen molar-refractivity contribution in [2.45, 2.75) is 0 Å². The molecule has 0 amide bonds. The molecule has 11 rings (SSSR count). The highest BCUT2D eigenvalue weighted by atomic mass is 16.3. The third-order valence-corrected chi connectivity index (χ3v) is 10.7. The SMILES string of the molecule is c1ccc(-c2ccc(-c3nc(-c4ccccc4)nc(-c4cccc5c6ccccc6n(-c6ccc7c(c6)oc6cc(-c8ccccc8)ccc67)c45)n3)cc2)cc1. The molecule has 0 saturated heterocycles. The van der Waals surface area contributed by atoms with E-state index in [1.807, 2.05) is 42.5 Å². The highest BCUT2D eigenvalue weighted by Crippen LogP contribution is 2.40. The van der Waals surface area contributed by atoms with E-state index < -0.39 is 0 Å². The average molecular weight is 717 g/mol. The molecule has 0 fully saturated rings. The smallest absolute Gasteiger partial charge is 0.166 e. The summed E-state index contributed by atoms with van der Waals surface area (Å²) in [6, 6.07) is 67.4. The molecule has 8 aromatic carbocycles. The maximum absolute atomic E-state index is 6.61. The first-order chi connectivity index (χ1) is 27.7. The highest BCUT2D eigenvalue weighted by molar-refractivity contribution is 6.14. The van der Waals surface area contributed by atoms with E-state index in [9.17, 15) is 0 Å². The number of fused-ring (bicyclic) bond motifs is 6. The molecular weight excluding hydrogens is 685 g/mol. The molecular formula is C51H32N4O. The van der Waals surface area contributed by atoms with Crippen molar-refractivity contribution in [3.63, 3.8) is 0 Å². The van der Waals surface area contributed by atoms with Crippen molar-refractivity contribution >= 4 is 43.7 Å². The third kappa shape index (κ3) is 5.37. The molecule has 11 aromatic rings. The van der Waals surface area contributed by atoms with Crippen molar-refractivity contribution in [3.8, 4) is 62.1 Å². The number of benzene rings is 8. The van der Waals surface area contributed by atoms with Crippen LogP contribution in [0.3, 0.4) is 0 Å². The lowest BCUT2D eigenvalue weighted by molar-refractivity contribution is 0.669. The number of aromatic nitrogens is 4. The summed E-state index contributed by atoms with van der Waals surface area (Å²) in [6.07, 6.45) is 0. The number of rotatable bonds is 6. The first kappa shape index (κ1) is 31.9. The molecule has 0 atom stereocenters. The van der Waals surface area contributed by atoms with Gasteiger partial charge in [0.25, 0.3) is 0 Å². The van der Waals surface area contributed by atoms with E-state index in [1.165, 1.54) is 0 Å². The molecule has 5 heteroatoms. The van der Waals surface area contributed by atoms with Crippen LogP contribution in [-0.2, 0) is 0 Å². The van der Waals surface area contributed by atoms with Gasteiger partial charge in [-0.3, -0.25) is 0 Å². The van der Waals surface area contributed by atoms with Crippen LogP contribution in [0.4, 0.5) is 0 Å². The maximum Gasteiger partial charge on any atom is 0.166 e. The molecule has 0 radical (unpaired) electrons. The Morgan fingerprint density at radius 2 is 0.839 bits per heavy atom. The van der Waals surface area contributed by atoms with Crippen molar-refractivity contribution in [1.29, 1.82) is 0 Å². The summed E-state index contributed by atoms with van der Waals surface area (Å²) in [6.45, 7) is 0. The Morgan fingerprint density at radius 1 is 0.339 bits per heavy atom. The van der Waals surface area contributed by atoms with Gasteiger partial charge in [0.1, 0.15) is 11.2 Å². The van der Waals surface area contributed by atoms with Crippen molar-refractivity contribution in [3.05, 3.63) is 194 Å². The molecule has 0 spiro atoms. The Labute approximate surface area is 322 Å². The third-order valence-electron chi connectivity index (χ3n) is 10.7. The summed E-state index contributed by atoms with van der Waals surface area (Å²) in [7, 11) is 0. The standard InChI is InChI=1S/C51H32N4O/c1-4-13-33(14-5-1)35-23-25-37(26-24-35)50-52-49(36-17-8-3-9-18-36)53-51(54-50)44-21-12-20-43-40-19-10-11-22-45(40)55(48(43)44)39-28-30-42-41-29-27-38(34-15-6-2-7-16-34)31-46(41)56-47(42)32-39/h1-32H. The van der Waals surface area contributed by atoms with Crippen molar-refractivity contribution in [2.75, 3.05) is 0 Å². The van der Waals surface area contributed by atoms with E-state index in [0.29, 0.717) is 17.5 Å². The number of hydrogen-bond donors (Lipinski definition) is 0. The van der Waals surface area contributed by atoms with Crippen LogP contribution in [0.1, 0.15) is 0 Å². The van der Waals surface area contributed by atoms with E-state index in [-0.39, 0.29) is 0 Å². The zero-order valence-corrected chi connectivity index (χ0v) is 30.2. The lowest BCUT2D eigenvalue weighted by Crippen LogP contribution is -2.02. The van der Waals surface area contributed by atoms with Gasteiger partial charge in [0, 0.05) is 50.0 Å². The lowest BCUT2D eigenvalue weighted by Gasteiger charge is -2.13. The topological polar surface area (TPSA) is 56.7 Å². The molecule has 262 valence electrons. The number of hydrogen-bond acceptors (Lipinski definition) is 4. The maximum atomic E-state index is 6.61. The van der Waals surface area contributed by atoms with Gasteiger partial charge >= 0.3 is 0 Å². The Kier molecular flexibility index (Phi) is 7.42. The van der Waals surface area contributed by atoms with Gasteiger partial charge in [0.2, 0.25) is 0 Å². The lowest BCUT2D eigenvalue weighted by atomic mass is 10.0. The predicted octanol–water partition coefficient (Wildman–Crippen LogP) is 13.2. The zero-order chi connectivity index (χ0) is 37.0. The van der Waals surface area contributed by atoms with Gasteiger partial charge in [0.15, 0.2) is 17.5 Å². The Hall–Kier alpha value is -7.63. The first-order valence-electron chi connectivity index (χ1n) is 18.8. The van der Waals surface area contributed by atoms with Gasteiger partial charge in [-0.2, -0.15) is 0 Å². The summed E-state index contributed by atoms with van der Waals surface area (Å²) >= 11 is 0. The van der Waals surface area contributed by atoms with Gasteiger partial charge in [-0.15, -0.1) is 0 Å². The molecule has 0 N–H and O–H groups in total. The van der Waals surface area contributed by atoms with E-state index in [2.05, 4.69) is 156 Å². The number of para-hydroxylation sites is 2. The summed E-state index contributed by atoms with van der Waals surface area (Å²) < 4.78 is 8.93. The van der Waals surface area contributed by atoms with E-state index in [0.717, 1.165) is 88.4 Å². The van der Waals surface area contributed by atoms with Crippen LogP contribution < -0.4 is 0 Å².